The molecule has 0 radical (unpaired) electrons. The third-order valence-corrected chi connectivity index (χ3v) is 5.39. The summed E-state index contributed by atoms with van der Waals surface area (Å²) in [4.78, 5) is 20.5. The molecule has 0 unspecified atom stereocenters. The van der Waals surface area contributed by atoms with Gasteiger partial charge in [0, 0.05) is 34.9 Å². The molecule has 0 saturated heterocycles. The van der Waals surface area contributed by atoms with E-state index >= 15 is 0 Å². The van der Waals surface area contributed by atoms with E-state index in [1.807, 2.05) is 54.4 Å². The molecule has 146 valence electrons. The zero-order chi connectivity index (χ0) is 20.4. The van der Waals surface area contributed by atoms with E-state index in [4.69, 9.17) is 5.73 Å². The molecule has 3 aromatic heterocycles. The molecule has 0 fully saturated rings. The molecule has 1 amide bonds. The Labute approximate surface area is 173 Å². The normalized spacial score (nSPS) is 11.0. The Morgan fingerprint density at radius 2 is 1.93 bits per heavy atom. The Morgan fingerprint density at radius 1 is 1.10 bits per heavy atom. The van der Waals surface area contributed by atoms with Crippen LogP contribution in [0.2, 0.25) is 0 Å². The highest BCUT2D eigenvalue weighted by molar-refractivity contribution is 7.13. The average molecular weight is 404 g/mol. The summed E-state index contributed by atoms with van der Waals surface area (Å²) in [5, 5.41) is 6.32. The Bertz CT molecular complexity index is 1150. The minimum absolute atomic E-state index is 0.0844. The summed E-state index contributed by atoms with van der Waals surface area (Å²) in [6.07, 6.45) is 5.40. The molecule has 0 atom stereocenters. The summed E-state index contributed by atoms with van der Waals surface area (Å²) in [6.45, 7) is 4.02. The maximum absolute atomic E-state index is 11.7. The van der Waals surface area contributed by atoms with Gasteiger partial charge in [0.15, 0.2) is 0 Å². The van der Waals surface area contributed by atoms with Crippen LogP contribution in [0.1, 0.15) is 30.4 Å². The summed E-state index contributed by atoms with van der Waals surface area (Å²) < 4.78 is 1.89. The van der Waals surface area contributed by atoms with Gasteiger partial charge in [0.2, 0.25) is 0 Å². The fourth-order valence-electron chi connectivity index (χ4n) is 3.32. The van der Waals surface area contributed by atoms with Crippen molar-refractivity contribution < 1.29 is 4.79 Å². The van der Waals surface area contributed by atoms with Crippen molar-refractivity contribution in [2.24, 2.45) is 5.73 Å². The number of nitrogens with two attached hydrogens (primary N) is 1. The number of carbonyl (C=O) groups is 1. The van der Waals surface area contributed by atoms with Gasteiger partial charge in [-0.3, -0.25) is 9.78 Å². The van der Waals surface area contributed by atoms with Crippen molar-refractivity contribution in [3.8, 4) is 21.7 Å². The number of anilines is 2. The molecule has 7 heteroatoms. The highest BCUT2D eigenvalue weighted by Gasteiger charge is 2.15. The van der Waals surface area contributed by atoms with E-state index < -0.39 is 5.91 Å². The van der Waals surface area contributed by atoms with Gasteiger partial charge < -0.3 is 15.6 Å². The third-order valence-electron chi connectivity index (χ3n) is 4.57. The van der Waals surface area contributed by atoms with E-state index in [-0.39, 0.29) is 6.04 Å². The molecule has 3 heterocycles. The molecular weight excluding hydrogens is 382 g/mol. The molecule has 3 N–H and O–H groups in total. The van der Waals surface area contributed by atoms with Crippen LogP contribution in [0.3, 0.4) is 0 Å². The van der Waals surface area contributed by atoms with Gasteiger partial charge in [0.05, 0.1) is 11.9 Å². The van der Waals surface area contributed by atoms with Crippen LogP contribution in [0.25, 0.3) is 21.7 Å². The van der Waals surface area contributed by atoms with E-state index in [1.165, 1.54) is 0 Å². The molecule has 0 saturated carbocycles. The standard InChI is InChI=1S/C22H21N5OS/c1-14(2)27-19(21(23)28)6-7-20(27)26-18-11-17(12-24-13-18)15-4-3-5-16(10-15)22-25-8-9-29-22/h3-14,26H,1-2H3,(H2,23,28). The minimum Gasteiger partial charge on any atom is -0.364 e. The van der Waals surface area contributed by atoms with E-state index in [1.54, 1.807) is 23.6 Å². The second-order valence-corrected chi connectivity index (χ2v) is 7.83. The summed E-state index contributed by atoms with van der Waals surface area (Å²) in [7, 11) is 0. The molecule has 0 aliphatic rings. The minimum atomic E-state index is -0.447. The zero-order valence-corrected chi connectivity index (χ0v) is 17.0. The number of hydrogen-bond donors (Lipinski definition) is 2. The van der Waals surface area contributed by atoms with Gasteiger partial charge >= 0.3 is 0 Å². The number of rotatable bonds is 6. The average Bonchev–Trinajstić information content (AvgIpc) is 3.38. The van der Waals surface area contributed by atoms with Crippen molar-refractivity contribution in [3.05, 3.63) is 72.1 Å². The number of carbonyl (C=O) groups excluding carboxylic acids is 1. The molecule has 4 aromatic rings. The number of amides is 1. The Balaban J connectivity index is 1.66. The first kappa shape index (κ1) is 18.9. The Kier molecular flexibility index (Phi) is 5.14. The van der Waals surface area contributed by atoms with Gasteiger partial charge in [-0.05, 0) is 43.7 Å². The molecule has 0 spiro atoms. The van der Waals surface area contributed by atoms with Crippen molar-refractivity contribution in [2.45, 2.75) is 19.9 Å². The number of thiazole rings is 1. The van der Waals surface area contributed by atoms with Crippen molar-refractivity contribution in [1.82, 2.24) is 14.5 Å². The van der Waals surface area contributed by atoms with Crippen LogP contribution in [0.4, 0.5) is 11.5 Å². The zero-order valence-electron chi connectivity index (χ0n) is 16.2. The maximum atomic E-state index is 11.7. The monoisotopic (exact) mass is 403 g/mol. The van der Waals surface area contributed by atoms with Crippen LogP contribution in [-0.4, -0.2) is 20.4 Å². The van der Waals surface area contributed by atoms with Crippen LogP contribution in [0.5, 0.6) is 0 Å². The lowest BCUT2D eigenvalue weighted by molar-refractivity contribution is 0.0990. The highest BCUT2D eigenvalue weighted by atomic mass is 32.1. The number of nitrogens with one attached hydrogen (secondary N) is 1. The van der Waals surface area contributed by atoms with E-state index in [0.29, 0.717) is 5.69 Å². The number of benzene rings is 1. The second kappa shape index (κ2) is 7.89. The topological polar surface area (TPSA) is 85.8 Å². The Hall–Kier alpha value is -3.45. The SMILES string of the molecule is CC(C)n1c(Nc2cncc(-c3cccc(-c4nccs4)c3)c2)ccc1C(N)=O. The first-order valence-electron chi connectivity index (χ1n) is 9.26. The molecule has 0 aliphatic heterocycles. The fourth-order valence-corrected chi connectivity index (χ4v) is 3.95. The molecule has 1 aromatic carbocycles. The first-order valence-corrected chi connectivity index (χ1v) is 10.1. The highest BCUT2D eigenvalue weighted by Crippen LogP contribution is 2.30. The third kappa shape index (κ3) is 3.90. The number of nitrogens with zero attached hydrogens (tertiary/aromatic N) is 3. The quantitative estimate of drug-likeness (QED) is 0.469. The molecule has 29 heavy (non-hydrogen) atoms. The molecule has 0 aliphatic carbocycles. The van der Waals surface area contributed by atoms with E-state index in [9.17, 15) is 4.79 Å². The van der Waals surface area contributed by atoms with Crippen LogP contribution in [-0.2, 0) is 0 Å². The smallest absolute Gasteiger partial charge is 0.265 e. The van der Waals surface area contributed by atoms with Crippen molar-refractivity contribution in [2.75, 3.05) is 5.32 Å². The summed E-state index contributed by atoms with van der Waals surface area (Å²) >= 11 is 1.61. The molecule has 0 bridgehead atoms. The largest absolute Gasteiger partial charge is 0.364 e. The molecular formula is C22H21N5OS. The number of hydrogen-bond acceptors (Lipinski definition) is 5. The van der Waals surface area contributed by atoms with Crippen LogP contribution >= 0.6 is 11.3 Å². The van der Waals surface area contributed by atoms with Gasteiger partial charge in [-0.1, -0.05) is 18.2 Å². The van der Waals surface area contributed by atoms with E-state index in [2.05, 4.69) is 33.5 Å². The summed E-state index contributed by atoms with van der Waals surface area (Å²) in [5.74, 6) is 0.349. The number of pyridine rings is 1. The van der Waals surface area contributed by atoms with Crippen LogP contribution < -0.4 is 11.1 Å². The van der Waals surface area contributed by atoms with Gasteiger partial charge in [-0.2, -0.15) is 0 Å². The fraction of sp³-hybridized carbons (Fsp3) is 0.136. The first-order chi connectivity index (χ1) is 14.0. The van der Waals surface area contributed by atoms with Crippen molar-refractivity contribution in [1.29, 1.82) is 0 Å². The number of aromatic nitrogens is 3. The van der Waals surface area contributed by atoms with Crippen LogP contribution in [0.15, 0.2) is 66.4 Å². The lowest BCUT2D eigenvalue weighted by Crippen LogP contribution is -2.19. The summed E-state index contributed by atoms with van der Waals surface area (Å²) in [5.41, 5.74) is 9.95. The van der Waals surface area contributed by atoms with Gasteiger partial charge in [-0.25, -0.2) is 4.98 Å². The van der Waals surface area contributed by atoms with Gasteiger partial charge in [0.25, 0.3) is 5.91 Å². The number of primary amides is 1. The second-order valence-electron chi connectivity index (χ2n) is 6.94. The predicted octanol–water partition coefficient (Wildman–Crippen LogP) is 5.10. The maximum Gasteiger partial charge on any atom is 0.265 e. The van der Waals surface area contributed by atoms with Gasteiger partial charge in [-0.15, -0.1) is 11.3 Å². The lowest BCUT2D eigenvalue weighted by atomic mass is 10.0. The van der Waals surface area contributed by atoms with Crippen LogP contribution in [0, 0.1) is 0 Å². The van der Waals surface area contributed by atoms with Crippen molar-refractivity contribution in [3.63, 3.8) is 0 Å². The van der Waals surface area contributed by atoms with E-state index in [0.717, 1.165) is 33.2 Å². The lowest BCUT2D eigenvalue weighted by Gasteiger charge is -2.17. The molecule has 6 nitrogen and oxygen atoms in total. The Morgan fingerprint density at radius 3 is 2.66 bits per heavy atom. The predicted molar refractivity (Wildman–Crippen MR) is 117 cm³/mol. The molecule has 4 rings (SSSR count). The summed E-state index contributed by atoms with van der Waals surface area (Å²) in [6, 6.07) is 14.0. The van der Waals surface area contributed by atoms with Crippen molar-refractivity contribution >= 4 is 28.7 Å². The van der Waals surface area contributed by atoms with Gasteiger partial charge in [0.1, 0.15) is 16.5 Å².